The lowest BCUT2D eigenvalue weighted by atomic mass is 9.90. The highest BCUT2D eigenvalue weighted by atomic mass is 127. The maximum atomic E-state index is 5.38. The maximum absolute atomic E-state index is 5.38. The zero-order valence-electron chi connectivity index (χ0n) is 18.4. The first-order chi connectivity index (χ1) is 13.1. The third-order valence-corrected chi connectivity index (χ3v) is 5.21. The van der Waals surface area contributed by atoms with Crippen LogP contribution in [0.15, 0.2) is 35.3 Å². The zero-order valence-corrected chi connectivity index (χ0v) is 20.7. The van der Waals surface area contributed by atoms with Crippen molar-refractivity contribution in [2.45, 2.75) is 65.0 Å². The molecule has 0 bridgehead atoms. The molecule has 0 heterocycles. The fraction of sp³-hybridized carbons (Fsp3) is 0.682. The molecule has 0 saturated heterocycles. The van der Waals surface area contributed by atoms with Crippen molar-refractivity contribution in [3.8, 4) is 0 Å². The van der Waals surface area contributed by atoms with Gasteiger partial charge >= 0.3 is 0 Å². The third kappa shape index (κ3) is 10.1. The van der Waals surface area contributed by atoms with Crippen LogP contribution in [0.1, 0.15) is 65.0 Å². The molecule has 0 aliphatic carbocycles. The van der Waals surface area contributed by atoms with Crippen molar-refractivity contribution < 1.29 is 4.74 Å². The average molecular weight is 505 g/mol. The number of rotatable bonds is 13. The molecule has 0 spiro atoms. The molecule has 3 N–H and O–H groups in total. The van der Waals surface area contributed by atoms with E-state index in [0.717, 1.165) is 57.9 Å². The van der Waals surface area contributed by atoms with E-state index in [4.69, 9.17) is 4.74 Å². The van der Waals surface area contributed by atoms with Crippen LogP contribution in [0.3, 0.4) is 0 Å². The van der Waals surface area contributed by atoms with Gasteiger partial charge in [-0.25, -0.2) is 0 Å². The maximum Gasteiger partial charge on any atom is 0.191 e. The van der Waals surface area contributed by atoms with Crippen LogP contribution in [0.5, 0.6) is 0 Å². The molecule has 0 aliphatic rings. The Labute approximate surface area is 189 Å². The second kappa shape index (κ2) is 16.0. The molecule has 1 aromatic carbocycles. The Balaban J connectivity index is 0.00000729. The molecule has 1 unspecified atom stereocenters. The standard InChI is InChI=1S/C22H40N4O.HI/c1-6-22(7-2,26-19(4)20-14-10-9-11-15-20)18-25-21(23-5)24-16-12-13-17-27-8-3;/h9-11,14-15,19,26H,6-8,12-13,16-18H2,1-5H3,(H2,23,24,25);1H. The molecule has 0 aromatic heterocycles. The summed E-state index contributed by atoms with van der Waals surface area (Å²) in [4.78, 5) is 4.37. The number of guanidine groups is 1. The highest BCUT2D eigenvalue weighted by molar-refractivity contribution is 14.0. The summed E-state index contributed by atoms with van der Waals surface area (Å²) < 4.78 is 5.38. The molecule has 6 heteroatoms. The van der Waals surface area contributed by atoms with Crippen molar-refractivity contribution >= 4 is 29.9 Å². The molecule has 0 amide bonds. The summed E-state index contributed by atoms with van der Waals surface area (Å²) in [7, 11) is 1.83. The van der Waals surface area contributed by atoms with Gasteiger partial charge in [0, 0.05) is 44.9 Å². The number of unbranched alkanes of at least 4 members (excludes halogenated alkanes) is 1. The summed E-state index contributed by atoms with van der Waals surface area (Å²) in [6, 6.07) is 10.9. The van der Waals surface area contributed by atoms with Gasteiger partial charge in [0.25, 0.3) is 0 Å². The summed E-state index contributed by atoms with van der Waals surface area (Å²) >= 11 is 0. The highest BCUT2D eigenvalue weighted by Gasteiger charge is 2.28. The minimum Gasteiger partial charge on any atom is -0.382 e. The first-order valence-corrected chi connectivity index (χ1v) is 10.5. The monoisotopic (exact) mass is 504 g/mol. The smallest absolute Gasteiger partial charge is 0.191 e. The Morgan fingerprint density at radius 2 is 1.75 bits per heavy atom. The first-order valence-electron chi connectivity index (χ1n) is 10.5. The largest absolute Gasteiger partial charge is 0.382 e. The van der Waals surface area contributed by atoms with Crippen LogP contribution in [-0.4, -0.2) is 44.8 Å². The van der Waals surface area contributed by atoms with Crippen molar-refractivity contribution in [1.29, 1.82) is 0 Å². The van der Waals surface area contributed by atoms with E-state index in [1.54, 1.807) is 0 Å². The zero-order chi connectivity index (χ0) is 20.0. The van der Waals surface area contributed by atoms with E-state index in [1.165, 1.54) is 5.56 Å². The topological polar surface area (TPSA) is 57.7 Å². The minimum atomic E-state index is 0. The SMILES string of the molecule is CCOCCCCNC(=NC)NCC(CC)(CC)NC(C)c1ccccc1.I. The van der Waals surface area contributed by atoms with E-state index in [0.29, 0.717) is 6.04 Å². The molecule has 0 aliphatic heterocycles. The number of nitrogens with one attached hydrogen (secondary N) is 3. The minimum absolute atomic E-state index is 0. The summed E-state index contributed by atoms with van der Waals surface area (Å²) in [6.07, 6.45) is 4.26. The average Bonchev–Trinajstić information content (AvgIpc) is 2.72. The van der Waals surface area contributed by atoms with Crippen molar-refractivity contribution in [3.05, 3.63) is 35.9 Å². The Morgan fingerprint density at radius 3 is 2.32 bits per heavy atom. The summed E-state index contributed by atoms with van der Waals surface area (Å²) in [6.45, 7) is 12.1. The Bertz CT molecular complexity index is 521. The fourth-order valence-electron chi connectivity index (χ4n) is 3.19. The molecule has 0 fully saturated rings. The molecule has 1 aromatic rings. The van der Waals surface area contributed by atoms with Crippen molar-refractivity contribution in [2.75, 3.05) is 33.4 Å². The lowest BCUT2D eigenvalue weighted by molar-refractivity contribution is 0.143. The first kappa shape index (κ1) is 27.1. The molecule has 1 rings (SSSR count). The van der Waals surface area contributed by atoms with E-state index >= 15 is 0 Å². The van der Waals surface area contributed by atoms with Crippen LogP contribution in [-0.2, 0) is 4.74 Å². The second-order valence-corrected chi connectivity index (χ2v) is 7.02. The quantitative estimate of drug-likeness (QED) is 0.160. The lowest BCUT2D eigenvalue weighted by Gasteiger charge is -2.37. The number of nitrogens with zero attached hydrogens (tertiary/aromatic N) is 1. The van der Waals surface area contributed by atoms with E-state index in [2.05, 4.69) is 72.0 Å². The Kier molecular flexibility index (Phi) is 15.5. The van der Waals surface area contributed by atoms with Crippen LogP contribution in [0.2, 0.25) is 0 Å². The van der Waals surface area contributed by atoms with E-state index in [9.17, 15) is 0 Å². The normalized spacial score (nSPS) is 13.0. The molecule has 162 valence electrons. The number of halogens is 1. The summed E-state index contributed by atoms with van der Waals surface area (Å²) in [5.41, 5.74) is 1.35. The van der Waals surface area contributed by atoms with E-state index in [-0.39, 0.29) is 29.5 Å². The molecule has 5 nitrogen and oxygen atoms in total. The van der Waals surface area contributed by atoms with Crippen molar-refractivity contribution in [3.63, 3.8) is 0 Å². The molecule has 0 saturated carbocycles. The van der Waals surface area contributed by atoms with Gasteiger partial charge in [-0.05, 0) is 45.1 Å². The summed E-state index contributed by atoms with van der Waals surface area (Å²) in [5.74, 6) is 0.867. The van der Waals surface area contributed by atoms with Crippen LogP contribution in [0.4, 0.5) is 0 Å². The Hall–Kier alpha value is -0.860. The lowest BCUT2D eigenvalue weighted by Crippen LogP contribution is -2.55. The number of hydrogen-bond acceptors (Lipinski definition) is 3. The van der Waals surface area contributed by atoms with Gasteiger partial charge in [0.05, 0.1) is 0 Å². The van der Waals surface area contributed by atoms with Crippen molar-refractivity contribution in [2.24, 2.45) is 4.99 Å². The number of hydrogen-bond donors (Lipinski definition) is 3. The van der Waals surface area contributed by atoms with Gasteiger partial charge in [-0.2, -0.15) is 0 Å². The van der Waals surface area contributed by atoms with Crippen LogP contribution in [0.25, 0.3) is 0 Å². The van der Waals surface area contributed by atoms with Crippen molar-refractivity contribution in [1.82, 2.24) is 16.0 Å². The van der Waals surface area contributed by atoms with Gasteiger partial charge < -0.3 is 20.7 Å². The predicted octanol–water partition coefficient (Wildman–Crippen LogP) is 4.50. The molecule has 0 radical (unpaired) electrons. The van der Waals surface area contributed by atoms with Crippen LogP contribution >= 0.6 is 24.0 Å². The molecule has 28 heavy (non-hydrogen) atoms. The van der Waals surface area contributed by atoms with Crippen LogP contribution in [0, 0.1) is 0 Å². The van der Waals surface area contributed by atoms with Gasteiger partial charge in [0.15, 0.2) is 5.96 Å². The second-order valence-electron chi connectivity index (χ2n) is 7.02. The Morgan fingerprint density at radius 1 is 1.07 bits per heavy atom. The van der Waals surface area contributed by atoms with Gasteiger partial charge in [0.1, 0.15) is 0 Å². The van der Waals surface area contributed by atoms with E-state index < -0.39 is 0 Å². The molecular weight excluding hydrogens is 463 g/mol. The van der Waals surface area contributed by atoms with E-state index in [1.807, 2.05) is 14.0 Å². The van der Waals surface area contributed by atoms with Gasteiger partial charge in [0.2, 0.25) is 0 Å². The number of benzene rings is 1. The summed E-state index contributed by atoms with van der Waals surface area (Å²) in [5, 5.41) is 10.8. The molecular formula is C22H41IN4O. The van der Waals surface area contributed by atoms with Gasteiger partial charge in [-0.15, -0.1) is 24.0 Å². The fourth-order valence-corrected chi connectivity index (χ4v) is 3.19. The third-order valence-electron chi connectivity index (χ3n) is 5.21. The van der Waals surface area contributed by atoms with Gasteiger partial charge in [-0.3, -0.25) is 4.99 Å². The number of ether oxygens (including phenoxy) is 1. The predicted molar refractivity (Wildman–Crippen MR) is 132 cm³/mol. The highest BCUT2D eigenvalue weighted by Crippen LogP contribution is 2.21. The van der Waals surface area contributed by atoms with Gasteiger partial charge in [-0.1, -0.05) is 44.2 Å². The van der Waals surface area contributed by atoms with Crippen LogP contribution < -0.4 is 16.0 Å². The number of aliphatic imine (C=N–C) groups is 1. The molecule has 1 atom stereocenters.